The van der Waals surface area contributed by atoms with Crippen LogP contribution in [0.5, 0.6) is 0 Å². The largest absolute Gasteiger partial charge is 0.462 e. The van der Waals surface area contributed by atoms with Crippen molar-refractivity contribution in [1.29, 1.82) is 0 Å². The number of nitrogens with one attached hydrogen (secondary N) is 2. The molecule has 7 heteroatoms. The highest BCUT2D eigenvalue weighted by atomic mass is 32.1. The van der Waals surface area contributed by atoms with Crippen molar-refractivity contribution in [2.75, 3.05) is 11.9 Å². The van der Waals surface area contributed by atoms with Gasteiger partial charge in [-0.15, -0.1) is 11.3 Å². The number of carbonyl (C=O) groups excluding carboxylic acids is 2. The van der Waals surface area contributed by atoms with Gasteiger partial charge in [-0.05, 0) is 73.0 Å². The Hall–Kier alpha value is -2.51. The lowest BCUT2D eigenvalue weighted by molar-refractivity contribution is -0.115. The molecule has 0 saturated carbocycles. The highest BCUT2D eigenvalue weighted by Gasteiger charge is 2.28. The summed E-state index contributed by atoms with van der Waals surface area (Å²) in [6, 6.07) is 8.09. The SMILES string of the molecule is CCOC(=O)c1c(NC(=S)NC(=O)/C=C/c2ccc(C(C)C)cc2)sc2c1CCC(C)C2. The minimum Gasteiger partial charge on any atom is -0.462 e. The average Bonchev–Trinajstić information content (AvgIpc) is 3.09. The second-order valence-electron chi connectivity index (χ2n) is 8.37. The molecule has 5 nitrogen and oxygen atoms in total. The monoisotopic (exact) mass is 470 g/mol. The van der Waals surface area contributed by atoms with Crippen LogP contribution < -0.4 is 10.6 Å². The number of amides is 1. The van der Waals surface area contributed by atoms with Gasteiger partial charge in [-0.1, -0.05) is 45.0 Å². The van der Waals surface area contributed by atoms with Crippen LogP contribution in [0.2, 0.25) is 0 Å². The van der Waals surface area contributed by atoms with E-state index in [2.05, 4.69) is 43.5 Å². The van der Waals surface area contributed by atoms with Crippen molar-refractivity contribution in [2.45, 2.75) is 52.9 Å². The second-order valence-corrected chi connectivity index (χ2v) is 9.89. The van der Waals surface area contributed by atoms with Crippen molar-refractivity contribution in [2.24, 2.45) is 5.92 Å². The summed E-state index contributed by atoms with van der Waals surface area (Å²) in [6.07, 6.45) is 6.02. The van der Waals surface area contributed by atoms with E-state index in [1.54, 1.807) is 13.0 Å². The van der Waals surface area contributed by atoms with Gasteiger partial charge < -0.3 is 10.1 Å². The van der Waals surface area contributed by atoms with Gasteiger partial charge in [0.25, 0.3) is 0 Å². The fourth-order valence-electron chi connectivity index (χ4n) is 3.71. The molecular weight excluding hydrogens is 440 g/mol. The van der Waals surface area contributed by atoms with E-state index in [4.69, 9.17) is 17.0 Å². The Morgan fingerprint density at radius 2 is 2.00 bits per heavy atom. The third-order valence-electron chi connectivity index (χ3n) is 5.49. The molecule has 1 atom stereocenters. The maximum atomic E-state index is 12.6. The molecule has 2 N–H and O–H groups in total. The lowest BCUT2D eigenvalue weighted by Gasteiger charge is -2.18. The van der Waals surface area contributed by atoms with Gasteiger partial charge in [0, 0.05) is 11.0 Å². The van der Waals surface area contributed by atoms with Gasteiger partial charge in [0.2, 0.25) is 5.91 Å². The Morgan fingerprint density at radius 1 is 1.28 bits per heavy atom. The van der Waals surface area contributed by atoms with Crippen LogP contribution >= 0.6 is 23.6 Å². The molecule has 32 heavy (non-hydrogen) atoms. The minimum absolute atomic E-state index is 0.159. The number of thiophene rings is 1. The molecule has 0 aliphatic heterocycles. The molecule has 0 bridgehead atoms. The number of esters is 1. The Bertz CT molecular complexity index is 1020. The molecule has 1 amide bonds. The minimum atomic E-state index is -0.346. The standard InChI is InChI=1S/C25H30N2O3S2/c1-5-30-24(29)22-19-12-6-16(4)14-20(19)32-23(22)27-25(31)26-21(28)13-9-17-7-10-18(11-8-17)15(2)3/h7-11,13,15-16H,5-6,12,14H2,1-4H3,(H2,26,27,28,31)/b13-9+. The Kier molecular flexibility index (Phi) is 8.21. The van der Waals surface area contributed by atoms with Crippen LogP contribution in [-0.4, -0.2) is 23.6 Å². The van der Waals surface area contributed by atoms with Crippen molar-refractivity contribution < 1.29 is 14.3 Å². The van der Waals surface area contributed by atoms with Gasteiger partial charge in [-0.2, -0.15) is 0 Å². The fraction of sp³-hybridized carbons (Fsp3) is 0.400. The van der Waals surface area contributed by atoms with E-state index in [1.807, 2.05) is 12.1 Å². The Balaban J connectivity index is 1.67. The molecule has 1 aliphatic carbocycles. The van der Waals surface area contributed by atoms with Crippen molar-refractivity contribution in [1.82, 2.24) is 5.32 Å². The first-order valence-corrected chi connectivity index (χ1v) is 12.2. The summed E-state index contributed by atoms with van der Waals surface area (Å²) in [4.78, 5) is 26.1. The van der Waals surface area contributed by atoms with Gasteiger partial charge in [0.05, 0.1) is 12.2 Å². The number of fused-ring (bicyclic) bond motifs is 1. The summed E-state index contributed by atoms with van der Waals surface area (Å²) < 4.78 is 5.28. The van der Waals surface area contributed by atoms with Crippen LogP contribution in [0.15, 0.2) is 30.3 Å². The molecule has 1 aromatic heterocycles. The van der Waals surface area contributed by atoms with Crippen LogP contribution in [0.3, 0.4) is 0 Å². The van der Waals surface area contributed by atoms with Crippen LogP contribution in [0.1, 0.15) is 72.0 Å². The number of benzene rings is 1. The van der Waals surface area contributed by atoms with E-state index in [-0.39, 0.29) is 17.0 Å². The van der Waals surface area contributed by atoms with Crippen molar-refractivity contribution >= 4 is 51.6 Å². The molecule has 0 spiro atoms. The molecule has 1 aromatic carbocycles. The summed E-state index contributed by atoms with van der Waals surface area (Å²) >= 11 is 6.86. The van der Waals surface area contributed by atoms with Crippen LogP contribution in [0, 0.1) is 5.92 Å². The lowest BCUT2D eigenvalue weighted by atomic mass is 9.88. The van der Waals surface area contributed by atoms with Crippen LogP contribution in [-0.2, 0) is 22.4 Å². The van der Waals surface area contributed by atoms with Crippen molar-refractivity contribution in [3.05, 3.63) is 57.5 Å². The van der Waals surface area contributed by atoms with Crippen LogP contribution in [0.25, 0.3) is 6.08 Å². The average molecular weight is 471 g/mol. The molecule has 1 unspecified atom stereocenters. The van der Waals surface area contributed by atoms with Gasteiger partial charge >= 0.3 is 5.97 Å². The normalized spacial score (nSPS) is 15.5. The van der Waals surface area contributed by atoms with E-state index < -0.39 is 0 Å². The summed E-state index contributed by atoms with van der Waals surface area (Å²) in [5.74, 6) is 0.366. The fourth-order valence-corrected chi connectivity index (χ4v) is 5.38. The van der Waals surface area contributed by atoms with Gasteiger partial charge in [-0.3, -0.25) is 10.1 Å². The van der Waals surface area contributed by atoms with E-state index in [9.17, 15) is 9.59 Å². The number of ether oxygens (including phenoxy) is 1. The highest BCUT2D eigenvalue weighted by Crippen LogP contribution is 2.40. The molecule has 1 heterocycles. The van der Waals surface area contributed by atoms with E-state index >= 15 is 0 Å². The topological polar surface area (TPSA) is 67.4 Å². The smallest absolute Gasteiger partial charge is 0.341 e. The molecule has 2 aromatic rings. The number of anilines is 1. The number of hydrogen-bond donors (Lipinski definition) is 2. The predicted molar refractivity (Wildman–Crippen MR) is 135 cm³/mol. The lowest BCUT2D eigenvalue weighted by Crippen LogP contribution is -2.33. The number of hydrogen-bond acceptors (Lipinski definition) is 5. The van der Waals surface area contributed by atoms with E-state index in [1.165, 1.54) is 27.9 Å². The number of carbonyl (C=O) groups is 2. The first-order chi connectivity index (χ1) is 15.3. The van der Waals surface area contributed by atoms with Gasteiger partial charge in [0.1, 0.15) is 5.00 Å². The molecule has 0 saturated heterocycles. The van der Waals surface area contributed by atoms with Crippen LogP contribution in [0.4, 0.5) is 5.00 Å². The summed E-state index contributed by atoms with van der Waals surface area (Å²) in [7, 11) is 0. The molecule has 0 fully saturated rings. The van der Waals surface area contributed by atoms with Gasteiger partial charge in [-0.25, -0.2) is 4.79 Å². The van der Waals surface area contributed by atoms with E-state index in [0.717, 1.165) is 30.4 Å². The van der Waals surface area contributed by atoms with Crippen molar-refractivity contribution in [3.63, 3.8) is 0 Å². The molecule has 3 rings (SSSR count). The molecule has 0 radical (unpaired) electrons. The Morgan fingerprint density at radius 3 is 2.66 bits per heavy atom. The quantitative estimate of drug-likeness (QED) is 0.322. The summed E-state index contributed by atoms with van der Waals surface area (Å²) in [5.41, 5.74) is 3.79. The number of thiocarbonyl (C=S) groups is 1. The first kappa shape index (κ1) is 24.1. The third kappa shape index (κ3) is 6.04. The van der Waals surface area contributed by atoms with Crippen molar-refractivity contribution in [3.8, 4) is 0 Å². The summed E-state index contributed by atoms with van der Waals surface area (Å²) in [6.45, 7) is 8.60. The second kappa shape index (κ2) is 10.9. The third-order valence-corrected chi connectivity index (χ3v) is 6.86. The maximum Gasteiger partial charge on any atom is 0.341 e. The highest BCUT2D eigenvalue weighted by molar-refractivity contribution is 7.80. The number of rotatable bonds is 6. The maximum absolute atomic E-state index is 12.6. The van der Waals surface area contributed by atoms with Gasteiger partial charge in [0.15, 0.2) is 5.11 Å². The van der Waals surface area contributed by atoms with E-state index in [0.29, 0.717) is 29.0 Å². The molecule has 170 valence electrons. The zero-order chi connectivity index (χ0) is 23.3. The molecule has 1 aliphatic rings. The summed E-state index contributed by atoms with van der Waals surface area (Å²) in [5, 5.41) is 6.52. The predicted octanol–water partition coefficient (Wildman–Crippen LogP) is 5.70. The first-order valence-electron chi connectivity index (χ1n) is 11.0. The molecular formula is C25H30N2O3S2. The zero-order valence-electron chi connectivity index (χ0n) is 19.0. The Labute approximate surface area is 199 Å². The zero-order valence-corrected chi connectivity index (χ0v) is 20.6.